The Hall–Kier alpha value is 0.492. The lowest BCUT2D eigenvalue weighted by atomic mass is 10.1. The van der Waals surface area contributed by atoms with Gasteiger partial charge in [-0.2, -0.15) is 0 Å². The lowest BCUT2D eigenvalue weighted by Crippen LogP contribution is -2.21. The zero-order valence-electron chi connectivity index (χ0n) is 24.0. The molecule has 0 radical (unpaired) electrons. The Morgan fingerprint density at radius 1 is 0.344 bits per heavy atom. The first kappa shape index (κ1) is 34.7. The monoisotopic (exact) mass is 468 g/mol. The smallest absolute Gasteiger partial charge is 0.261 e. The molecular formula is C30H66AlN. The molecule has 0 aliphatic heterocycles. The highest BCUT2D eigenvalue weighted by molar-refractivity contribution is 6.58. The van der Waals surface area contributed by atoms with Gasteiger partial charge in [-0.3, -0.25) is 0 Å². The maximum atomic E-state index is 2.38. The van der Waals surface area contributed by atoms with E-state index in [9.17, 15) is 0 Å². The standard InChI is InChI=1S/3C8H17.C6H15N.Al/c3*1-3-5-7-8-6-4-2;1-4-7(5-2)6-3;/h3*1,3-8H2,2H3;4-6H2,1-3H3;. The summed E-state index contributed by atoms with van der Waals surface area (Å²) in [6.45, 7) is 17.1. The SMILES string of the molecule is CCCCCCC[CH2][Al]([CH2]CCCCCCC)[CH2]CCCCCCC.CCN(CC)CC. The van der Waals surface area contributed by atoms with Gasteiger partial charge in [-0.05, 0) is 19.6 Å². The van der Waals surface area contributed by atoms with Gasteiger partial charge in [-0.1, -0.05) is 173 Å². The second-order valence-corrected chi connectivity index (χ2v) is 13.6. The van der Waals surface area contributed by atoms with Crippen LogP contribution in [-0.4, -0.2) is 38.7 Å². The fourth-order valence-corrected chi connectivity index (χ4v) is 8.21. The molecule has 0 amide bonds. The van der Waals surface area contributed by atoms with Gasteiger partial charge in [0.25, 0.3) is 14.1 Å². The maximum Gasteiger partial charge on any atom is 0.261 e. The van der Waals surface area contributed by atoms with Crippen LogP contribution >= 0.6 is 0 Å². The average molecular weight is 468 g/mol. The molecule has 0 bridgehead atoms. The molecular weight excluding hydrogens is 401 g/mol. The van der Waals surface area contributed by atoms with Crippen LogP contribution in [0.15, 0.2) is 0 Å². The van der Waals surface area contributed by atoms with E-state index < -0.39 is 14.1 Å². The number of nitrogens with zero attached hydrogens (tertiary/aromatic N) is 1. The molecule has 0 heterocycles. The van der Waals surface area contributed by atoms with Crippen LogP contribution in [0.4, 0.5) is 0 Å². The quantitative estimate of drug-likeness (QED) is 0.101. The Labute approximate surface area is 211 Å². The average Bonchev–Trinajstić information content (AvgIpc) is 2.81. The molecule has 0 N–H and O–H groups in total. The molecule has 2 heteroatoms. The minimum Gasteiger partial charge on any atom is -0.304 e. The van der Waals surface area contributed by atoms with E-state index in [2.05, 4.69) is 46.4 Å². The van der Waals surface area contributed by atoms with Gasteiger partial charge in [0, 0.05) is 0 Å². The Kier molecular flexibility index (Phi) is 34.1. The number of hydrogen-bond acceptors (Lipinski definition) is 1. The van der Waals surface area contributed by atoms with Gasteiger partial charge >= 0.3 is 0 Å². The van der Waals surface area contributed by atoms with E-state index >= 15 is 0 Å². The summed E-state index contributed by atoms with van der Waals surface area (Å²) in [5, 5.41) is 4.99. The molecule has 0 spiro atoms. The normalized spacial score (nSPS) is 11.0. The van der Waals surface area contributed by atoms with E-state index in [1.165, 1.54) is 116 Å². The zero-order valence-corrected chi connectivity index (χ0v) is 25.1. The lowest BCUT2D eigenvalue weighted by Gasteiger charge is -2.13. The van der Waals surface area contributed by atoms with Crippen LogP contribution in [0.1, 0.15) is 157 Å². The summed E-state index contributed by atoms with van der Waals surface area (Å²) in [4.78, 5) is 2.38. The summed E-state index contributed by atoms with van der Waals surface area (Å²) in [7, 11) is 0. The van der Waals surface area contributed by atoms with Gasteiger partial charge in [0.2, 0.25) is 0 Å². The number of unbranched alkanes of at least 4 members (excludes halogenated alkanes) is 15. The first-order valence-electron chi connectivity index (χ1n) is 15.4. The molecule has 0 fully saturated rings. The van der Waals surface area contributed by atoms with Crippen LogP contribution in [0.2, 0.25) is 15.8 Å². The third-order valence-electron chi connectivity index (χ3n) is 7.24. The maximum absolute atomic E-state index is 2.38. The Morgan fingerprint density at radius 2 is 0.594 bits per heavy atom. The van der Waals surface area contributed by atoms with Crippen molar-refractivity contribution in [3.05, 3.63) is 0 Å². The van der Waals surface area contributed by atoms with Crippen LogP contribution in [0.3, 0.4) is 0 Å². The van der Waals surface area contributed by atoms with Crippen LogP contribution in [-0.2, 0) is 0 Å². The van der Waals surface area contributed by atoms with E-state index in [1.807, 2.05) is 0 Å². The van der Waals surface area contributed by atoms with Crippen LogP contribution in [0, 0.1) is 0 Å². The van der Waals surface area contributed by atoms with Crippen molar-refractivity contribution in [2.45, 2.75) is 173 Å². The van der Waals surface area contributed by atoms with Crippen molar-refractivity contribution in [2.75, 3.05) is 19.6 Å². The van der Waals surface area contributed by atoms with Crippen LogP contribution in [0.5, 0.6) is 0 Å². The highest BCUT2D eigenvalue weighted by Crippen LogP contribution is 2.20. The molecule has 0 saturated heterocycles. The minimum atomic E-state index is -0.410. The molecule has 0 aromatic carbocycles. The van der Waals surface area contributed by atoms with Crippen LogP contribution in [0.25, 0.3) is 0 Å². The third kappa shape index (κ3) is 28.5. The molecule has 0 aromatic rings. The fraction of sp³-hybridized carbons (Fsp3) is 1.00. The summed E-state index contributed by atoms with van der Waals surface area (Å²) in [6, 6.07) is 0. The Morgan fingerprint density at radius 3 is 0.812 bits per heavy atom. The van der Waals surface area contributed by atoms with Crippen LogP contribution < -0.4 is 0 Å². The molecule has 0 aliphatic carbocycles. The van der Waals surface area contributed by atoms with Gasteiger partial charge < -0.3 is 4.90 Å². The van der Waals surface area contributed by atoms with Crippen molar-refractivity contribution in [2.24, 2.45) is 0 Å². The van der Waals surface area contributed by atoms with E-state index in [0.29, 0.717) is 0 Å². The predicted molar refractivity (Wildman–Crippen MR) is 154 cm³/mol. The lowest BCUT2D eigenvalue weighted by molar-refractivity contribution is 0.321. The highest BCUT2D eigenvalue weighted by atomic mass is 27.2. The van der Waals surface area contributed by atoms with E-state index in [4.69, 9.17) is 0 Å². The van der Waals surface area contributed by atoms with Gasteiger partial charge in [-0.25, -0.2) is 0 Å². The van der Waals surface area contributed by atoms with E-state index in [-0.39, 0.29) is 0 Å². The third-order valence-corrected chi connectivity index (χ3v) is 10.9. The summed E-state index contributed by atoms with van der Waals surface area (Å²) in [5.41, 5.74) is 0. The summed E-state index contributed by atoms with van der Waals surface area (Å²) < 4.78 is 0. The number of rotatable bonds is 24. The second kappa shape index (κ2) is 31.5. The summed E-state index contributed by atoms with van der Waals surface area (Å²) >= 11 is -0.410. The molecule has 194 valence electrons. The molecule has 32 heavy (non-hydrogen) atoms. The van der Waals surface area contributed by atoms with Crippen molar-refractivity contribution in [3.8, 4) is 0 Å². The molecule has 0 aromatic heterocycles. The van der Waals surface area contributed by atoms with E-state index in [0.717, 1.165) is 0 Å². The zero-order chi connectivity index (χ0) is 24.1. The Balaban J connectivity index is 0. The van der Waals surface area contributed by atoms with Gasteiger partial charge in [0.15, 0.2) is 0 Å². The first-order chi connectivity index (χ1) is 15.7. The molecule has 0 unspecified atom stereocenters. The van der Waals surface area contributed by atoms with Crippen molar-refractivity contribution < 1.29 is 0 Å². The molecule has 0 saturated carbocycles. The molecule has 0 atom stereocenters. The summed E-state index contributed by atoms with van der Waals surface area (Å²) in [5.74, 6) is 0. The minimum absolute atomic E-state index is 0.410. The second-order valence-electron chi connectivity index (χ2n) is 10.2. The largest absolute Gasteiger partial charge is 0.304 e. The van der Waals surface area contributed by atoms with E-state index in [1.54, 1.807) is 35.1 Å². The van der Waals surface area contributed by atoms with Gasteiger partial charge in [0.05, 0.1) is 0 Å². The number of hydrogen-bond donors (Lipinski definition) is 0. The topological polar surface area (TPSA) is 3.24 Å². The van der Waals surface area contributed by atoms with Crippen molar-refractivity contribution in [1.29, 1.82) is 0 Å². The fourth-order valence-electron chi connectivity index (χ4n) is 4.74. The molecule has 0 aliphatic rings. The Bertz CT molecular complexity index is 260. The van der Waals surface area contributed by atoms with Gasteiger partial charge in [0.1, 0.15) is 0 Å². The van der Waals surface area contributed by atoms with Crippen molar-refractivity contribution in [1.82, 2.24) is 4.90 Å². The molecule has 0 rings (SSSR count). The predicted octanol–water partition coefficient (Wildman–Crippen LogP) is 10.9. The molecule has 1 nitrogen and oxygen atoms in total. The summed E-state index contributed by atoms with van der Waals surface area (Å²) in [6.07, 6.45) is 26.7. The van der Waals surface area contributed by atoms with Crippen molar-refractivity contribution in [3.63, 3.8) is 0 Å². The first-order valence-corrected chi connectivity index (χ1v) is 17.9. The van der Waals surface area contributed by atoms with Crippen molar-refractivity contribution >= 4 is 14.1 Å². The highest BCUT2D eigenvalue weighted by Gasteiger charge is 2.15. The van der Waals surface area contributed by atoms with Gasteiger partial charge in [-0.15, -0.1) is 0 Å².